The highest BCUT2D eigenvalue weighted by Crippen LogP contribution is 2.24. The summed E-state index contributed by atoms with van der Waals surface area (Å²) in [7, 11) is 1.51. The van der Waals surface area contributed by atoms with Crippen molar-refractivity contribution in [2.45, 2.75) is 0 Å². The molecule has 19 heavy (non-hydrogen) atoms. The Morgan fingerprint density at radius 1 is 1.42 bits per heavy atom. The number of nitrogens with zero attached hydrogens (tertiary/aromatic N) is 1. The second kappa shape index (κ2) is 6.33. The molecule has 1 heterocycles. The van der Waals surface area contributed by atoms with Gasteiger partial charge in [-0.25, -0.2) is 0 Å². The van der Waals surface area contributed by atoms with Crippen LogP contribution in [0.5, 0.6) is 5.75 Å². The quantitative estimate of drug-likeness (QED) is 0.752. The van der Waals surface area contributed by atoms with Crippen molar-refractivity contribution < 1.29 is 9.53 Å². The van der Waals surface area contributed by atoms with E-state index in [9.17, 15) is 4.79 Å². The van der Waals surface area contributed by atoms with Gasteiger partial charge in [0.25, 0.3) is 5.91 Å². The summed E-state index contributed by atoms with van der Waals surface area (Å²) in [4.78, 5) is 16.1. The lowest BCUT2D eigenvalue weighted by Gasteiger charge is -2.09. The number of rotatable bonds is 3. The number of halogens is 2. The average molecular weight is 433 g/mol. The van der Waals surface area contributed by atoms with E-state index in [4.69, 9.17) is 4.74 Å². The number of hydrogen-bond donors (Lipinski definition) is 1. The number of aromatic nitrogens is 1. The number of hydrogen-bond acceptors (Lipinski definition) is 3. The first-order chi connectivity index (χ1) is 9.11. The molecular weight excluding hydrogens is 423 g/mol. The molecule has 0 bridgehead atoms. The lowest BCUT2D eigenvalue weighted by Crippen LogP contribution is -2.13. The molecule has 6 heteroatoms. The first kappa shape index (κ1) is 14.3. The lowest BCUT2D eigenvalue weighted by atomic mass is 10.2. The van der Waals surface area contributed by atoms with Crippen molar-refractivity contribution in [3.8, 4) is 5.75 Å². The van der Waals surface area contributed by atoms with Crippen LogP contribution in [-0.4, -0.2) is 18.0 Å². The maximum Gasteiger partial charge on any atom is 0.259 e. The Kier molecular flexibility index (Phi) is 4.76. The van der Waals surface area contributed by atoms with Crippen LogP contribution in [0.1, 0.15) is 10.4 Å². The summed E-state index contributed by atoms with van der Waals surface area (Å²) < 4.78 is 7.13. The van der Waals surface area contributed by atoms with E-state index >= 15 is 0 Å². The van der Waals surface area contributed by atoms with E-state index < -0.39 is 0 Å². The summed E-state index contributed by atoms with van der Waals surface area (Å²) in [5.74, 6) is 0.226. The molecule has 0 aliphatic heterocycles. The molecule has 0 fully saturated rings. The zero-order chi connectivity index (χ0) is 13.8. The number of benzene rings is 1. The highest BCUT2D eigenvalue weighted by Gasteiger charge is 2.12. The van der Waals surface area contributed by atoms with Gasteiger partial charge in [0.15, 0.2) is 0 Å². The second-order valence-corrected chi connectivity index (χ2v) is 5.68. The predicted molar refractivity (Wildman–Crippen MR) is 85.6 cm³/mol. The van der Waals surface area contributed by atoms with Crippen molar-refractivity contribution in [1.29, 1.82) is 0 Å². The maximum atomic E-state index is 12.2. The van der Waals surface area contributed by atoms with Crippen LogP contribution in [0.15, 0.2) is 41.1 Å². The minimum atomic E-state index is -0.225. The summed E-state index contributed by atoms with van der Waals surface area (Å²) in [6.45, 7) is 0. The molecule has 0 saturated heterocycles. The molecule has 2 rings (SSSR count). The van der Waals surface area contributed by atoms with Crippen LogP contribution >= 0.6 is 38.5 Å². The number of nitrogens with one attached hydrogen (secondary N) is 1. The minimum Gasteiger partial charge on any atom is -0.494 e. The van der Waals surface area contributed by atoms with Gasteiger partial charge in [0.1, 0.15) is 5.75 Å². The van der Waals surface area contributed by atoms with Crippen molar-refractivity contribution in [3.05, 3.63) is 50.3 Å². The third-order valence-electron chi connectivity index (χ3n) is 2.43. The van der Waals surface area contributed by atoms with Gasteiger partial charge in [0, 0.05) is 19.9 Å². The molecule has 2 aromatic rings. The normalized spacial score (nSPS) is 10.1. The molecule has 4 nitrogen and oxygen atoms in total. The molecule has 0 radical (unpaired) electrons. The summed E-state index contributed by atoms with van der Waals surface area (Å²) >= 11 is 5.61. The fourth-order valence-electron chi connectivity index (χ4n) is 1.50. The van der Waals surface area contributed by atoms with E-state index in [0.717, 1.165) is 13.7 Å². The molecule has 98 valence electrons. The number of ether oxygens (including phenoxy) is 1. The average Bonchev–Trinajstić information content (AvgIpc) is 2.43. The zero-order valence-corrected chi connectivity index (χ0v) is 13.7. The second-order valence-electron chi connectivity index (χ2n) is 3.66. The largest absolute Gasteiger partial charge is 0.494 e. The van der Waals surface area contributed by atoms with Gasteiger partial charge in [0.05, 0.1) is 18.9 Å². The standard InChI is InChI=1S/C13H10BrIN2O2/c1-19-12-7-16-5-4-9(12)13(18)17-8-2-3-10(14)11(15)6-8/h2-7H,1H3,(H,17,18). The van der Waals surface area contributed by atoms with Gasteiger partial charge in [-0.05, 0) is 62.8 Å². The monoisotopic (exact) mass is 432 g/mol. The van der Waals surface area contributed by atoms with E-state index in [1.54, 1.807) is 12.3 Å². The highest BCUT2D eigenvalue weighted by atomic mass is 127. The molecule has 1 aromatic carbocycles. The highest BCUT2D eigenvalue weighted by molar-refractivity contribution is 14.1. The SMILES string of the molecule is COc1cnccc1C(=O)Nc1ccc(Br)c(I)c1. The molecule has 0 aliphatic carbocycles. The number of carbonyl (C=O) groups is 1. The first-order valence-corrected chi connectivity index (χ1v) is 7.23. The van der Waals surface area contributed by atoms with Crippen LogP contribution < -0.4 is 10.1 Å². The van der Waals surface area contributed by atoms with E-state index in [1.165, 1.54) is 13.3 Å². The Balaban J connectivity index is 2.23. The number of anilines is 1. The Bertz CT molecular complexity index is 619. The topological polar surface area (TPSA) is 51.2 Å². The minimum absolute atomic E-state index is 0.225. The van der Waals surface area contributed by atoms with E-state index in [2.05, 4.69) is 48.8 Å². The van der Waals surface area contributed by atoms with Crippen LogP contribution in [0.4, 0.5) is 5.69 Å². The van der Waals surface area contributed by atoms with Gasteiger partial charge >= 0.3 is 0 Å². The van der Waals surface area contributed by atoms with Gasteiger partial charge in [-0.3, -0.25) is 9.78 Å². The fourth-order valence-corrected chi connectivity index (χ4v) is 2.26. The Labute approximate surface area is 132 Å². The molecule has 0 aliphatic rings. The first-order valence-electron chi connectivity index (χ1n) is 5.36. The third-order valence-corrected chi connectivity index (χ3v) is 4.75. The van der Waals surface area contributed by atoms with Gasteiger partial charge in [-0.1, -0.05) is 0 Å². The van der Waals surface area contributed by atoms with Gasteiger partial charge in [0.2, 0.25) is 0 Å². The number of amides is 1. The maximum absolute atomic E-state index is 12.2. The summed E-state index contributed by atoms with van der Waals surface area (Å²) in [5.41, 5.74) is 1.19. The van der Waals surface area contributed by atoms with Crippen molar-refractivity contribution in [1.82, 2.24) is 4.98 Å². The lowest BCUT2D eigenvalue weighted by molar-refractivity contribution is 0.102. The van der Waals surface area contributed by atoms with Gasteiger partial charge in [-0.2, -0.15) is 0 Å². The molecular formula is C13H10BrIN2O2. The van der Waals surface area contributed by atoms with E-state index in [0.29, 0.717) is 11.3 Å². The zero-order valence-electron chi connectivity index (χ0n) is 9.98. The fraction of sp³-hybridized carbons (Fsp3) is 0.0769. The molecule has 0 unspecified atom stereocenters. The van der Waals surface area contributed by atoms with Gasteiger partial charge in [-0.15, -0.1) is 0 Å². The number of methoxy groups -OCH3 is 1. The number of pyridine rings is 1. The van der Waals surface area contributed by atoms with Crippen molar-refractivity contribution in [2.75, 3.05) is 12.4 Å². The predicted octanol–water partition coefficient (Wildman–Crippen LogP) is 3.71. The Morgan fingerprint density at radius 3 is 2.89 bits per heavy atom. The Morgan fingerprint density at radius 2 is 2.21 bits per heavy atom. The van der Waals surface area contributed by atoms with Crippen LogP contribution in [0.25, 0.3) is 0 Å². The van der Waals surface area contributed by atoms with E-state index in [1.807, 2.05) is 18.2 Å². The molecule has 0 saturated carbocycles. The molecule has 1 N–H and O–H groups in total. The molecule has 0 spiro atoms. The van der Waals surface area contributed by atoms with Crippen molar-refractivity contribution in [3.63, 3.8) is 0 Å². The number of carbonyl (C=O) groups excluding carboxylic acids is 1. The van der Waals surface area contributed by atoms with Crippen LogP contribution in [0.3, 0.4) is 0 Å². The summed E-state index contributed by atoms with van der Waals surface area (Å²) in [5, 5.41) is 2.83. The van der Waals surface area contributed by atoms with Gasteiger partial charge < -0.3 is 10.1 Å². The molecule has 1 aromatic heterocycles. The molecule has 1 amide bonds. The van der Waals surface area contributed by atoms with Crippen molar-refractivity contribution >= 4 is 50.1 Å². The van der Waals surface area contributed by atoms with Crippen LogP contribution in [-0.2, 0) is 0 Å². The van der Waals surface area contributed by atoms with E-state index in [-0.39, 0.29) is 5.91 Å². The smallest absolute Gasteiger partial charge is 0.259 e. The third kappa shape index (κ3) is 3.44. The summed E-state index contributed by atoms with van der Waals surface area (Å²) in [6, 6.07) is 7.23. The van der Waals surface area contributed by atoms with Crippen molar-refractivity contribution in [2.24, 2.45) is 0 Å². The molecule has 0 atom stereocenters. The summed E-state index contributed by atoms with van der Waals surface area (Å²) in [6.07, 6.45) is 3.07. The Hall–Kier alpha value is -1.15. The van der Waals surface area contributed by atoms with Crippen LogP contribution in [0.2, 0.25) is 0 Å². The van der Waals surface area contributed by atoms with Crippen LogP contribution in [0, 0.1) is 3.57 Å².